The lowest BCUT2D eigenvalue weighted by molar-refractivity contribution is -0.532. The number of nitro groups is 1. The Balaban J connectivity index is 1.31. The number of anilines is 1. The molecule has 2 aliphatic rings. The molecule has 0 unspecified atom stereocenters. The van der Waals surface area contributed by atoms with Gasteiger partial charge in [-0.15, -0.1) is 0 Å². The summed E-state index contributed by atoms with van der Waals surface area (Å²) >= 11 is 3.61. The lowest BCUT2D eigenvalue weighted by Gasteiger charge is -2.25. The van der Waals surface area contributed by atoms with E-state index in [9.17, 15) is 14.9 Å². The van der Waals surface area contributed by atoms with E-state index < -0.39 is 17.5 Å². The van der Waals surface area contributed by atoms with Gasteiger partial charge in [-0.2, -0.15) is 0 Å². The minimum atomic E-state index is -1.43. The predicted molar refractivity (Wildman–Crippen MR) is 145 cm³/mol. The van der Waals surface area contributed by atoms with Gasteiger partial charge in [-0.3, -0.25) is 20.2 Å². The first-order valence-electron chi connectivity index (χ1n) is 12.1. The van der Waals surface area contributed by atoms with E-state index in [0.717, 1.165) is 21.9 Å². The Hall–Kier alpha value is -3.75. The zero-order chi connectivity index (χ0) is 25.7. The third kappa shape index (κ3) is 3.70. The maximum atomic E-state index is 13.2. The molecule has 1 spiro atoms. The standard InChI is InChI=1S/C29H24BrN3O4/c1-17-26(27(33(35)36)29(32-17)22-11-4-5-12-24(22)31-28(29)34)19-13-14-25(23(30)15-19)37-16-20-9-6-8-18-7-2-3-10-21(18)20/h2-15,17,26-27,32H,16H2,1H3,(H,31,34)/t17-,26+,27-,29-/m0/s1. The molecule has 0 radical (unpaired) electrons. The van der Waals surface area contributed by atoms with Crippen molar-refractivity contribution in [2.45, 2.75) is 37.1 Å². The van der Waals surface area contributed by atoms with Crippen molar-refractivity contribution in [2.24, 2.45) is 0 Å². The average Bonchev–Trinajstić information content (AvgIpc) is 3.36. The summed E-state index contributed by atoms with van der Waals surface area (Å²) in [5.74, 6) is -0.277. The van der Waals surface area contributed by atoms with Gasteiger partial charge in [0.25, 0.3) is 11.9 Å². The van der Waals surface area contributed by atoms with Crippen molar-refractivity contribution in [1.29, 1.82) is 0 Å². The van der Waals surface area contributed by atoms with Gasteiger partial charge in [0.1, 0.15) is 12.4 Å². The van der Waals surface area contributed by atoms with Gasteiger partial charge in [-0.1, -0.05) is 66.7 Å². The predicted octanol–water partition coefficient (Wildman–Crippen LogP) is 5.75. The molecule has 4 atom stereocenters. The number of nitrogens with one attached hydrogen (secondary N) is 2. The first kappa shape index (κ1) is 23.6. The number of amides is 1. The summed E-state index contributed by atoms with van der Waals surface area (Å²) in [5, 5.41) is 21.0. The lowest BCUT2D eigenvalue weighted by Crippen LogP contribution is -2.54. The van der Waals surface area contributed by atoms with E-state index in [1.165, 1.54) is 0 Å². The van der Waals surface area contributed by atoms with Gasteiger partial charge in [0.2, 0.25) is 0 Å². The second-order valence-electron chi connectivity index (χ2n) is 9.61. The molecule has 0 aliphatic carbocycles. The molecule has 4 aromatic carbocycles. The van der Waals surface area contributed by atoms with E-state index in [4.69, 9.17) is 4.74 Å². The Morgan fingerprint density at radius 2 is 1.78 bits per heavy atom. The van der Waals surface area contributed by atoms with E-state index in [2.05, 4.69) is 44.8 Å². The molecule has 2 N–H and O–H groups in total. The van der Waals surface area contributed by atoms with Gasteiger partial charge in [0.15, 0.2) is 5.54 Å². The van der Waals surface area contributed by atoms with Crippen molar-refractivity contribution in [3.63, 3.8) is 0 Å². The van der Waals surface area contributed by atoms with Crippen LogP contribution in [0.4, 0.5) is 5.69 Å². The van der Waals surface area contributed by atoms with Crippen LogP contribution >= 0.6 is 15.9 Å². The van der Waals surface area contributed by atoms with E-state index in [-0.39, 0.29) is 16.9 Å². The molecule has 6 rings (SSSR count). The summed E-state index contributed by atoms with van der Waals surface area (Å²) in [4.78, 5) is 25.4. The van der Waals surface area contributed by atoms with Gasteiger partial charge in [-0.25, -0.2) is 0 Å². The minimum absolute atomic E-state index is 0.318. The Morgan fingerprint density at radius 3 is 2.59 bits per heavy atom. The van der Waals surface area contributed by atoms with Crippen molar-refractivity contribution in [3.8, 4) is 5.75 Å². The number of halogens is 1. The van der Waals surface area contributed by atoms with Crippen LogP contribution in [0.3, 0.4) is 0 Å². The third-order valence-corrected chi connectivity index (χ3v) is 8.19. The number of rotatable bonds is 5. The summed E-state index contributed by atoms with van der Waals surface area (Å²) in [6, 6.07) is 25.5. The summed E-state index contributed by atoms with van der Waals surface area (Å²) in [5.41, 5.74) is 1.63. The summed E-state index contributed by atoms with van der Waals surface area (Å²) in [6.07, 6.45) is 0. The van der Waals surface area contributed by atoms with Crippen molar-refractivity contribution in [1.82, 2.24) is 5.32 Å². The summed E-state index contributed by atoms with van der Waals surface area (Å²) in [7, 11) is 0. The molecule has 2 aliphatic heterocycles. The van der Waals surface area contributed by atoms with Crippen molar-refractivity contribution < 1.29 is 14.5 Å². The molecule has 7 nitrogen and oxygen atoms in total. The highest BCUT2D eigenvalue weighted by atomic mass is 79.9. The smallest absolute Gasteiger partial charge is 0.256 e. The average molecular weight is 558 g/mol. The molecule has 0 aromatic heterocycles. The molecule has 1 fully saturated rings. The molecule has 0 bridgehead atoms. The topological polar surface area (TPSA) is 93.5 Å². The van der Waals surface area contributed by atoms with Crippen LogP contribution in [-0.4, -0.2) is 22.9 Å². The largest absolute Gasteiger partial charge is 0.488 e. The molecule has 1 amide bonds. The molecule has 2 heterocycles. The highest BCUT2D eigenvalue weighted by Gasteiger charge is 2.67. The lowest BCUT2D eigenvalue weighted by atomic mass is 9.78. The monoisotopic (exact) mass is 557 g/mol. The summed E-state index contributed by atoms with van der Waals surface area (Å²) in [6.45, 7) is 2.28. The van der Waals surface area contributed by atoms with Crippen LogP contribution in [0, 0.1) is 10.1 Å². The molecular formula is C29H24BrN3O4. The van der Waals surface area contributed by atoms with Crippen LogP contribution in [0.1, 0.15) is 29.5 Å². The molecule has 0 saturated carbocycles. The van der Waals surface area contributed by atoms with E-state index in [1.54, 1.807) is 18.2 Å². The molecule has 37 heavy (non-hydrogen) atoms. The third-order valence-electron chi connectivity index (χ3n) is 7.57. The molecule has 4 aromatic rings. The van der Waals surface area contributed by atoms with Crippen molar-refractivity contribution >= 4 is 38.3 Å². The van der Waals surface area contributed by atoms with Crippen LogP contribution in [-0.2, 0) is 16.9 Å². The quantitative estimate of drug-likeness (QED) is 0.241. The normalized spacial score (nSPS) is 24.3. The molecule has 1 saturated heterocycles. The zero-order valence-corrected chi connectivity index (χ0v) is 21.6. The van der Waals surface area contributed by atoms with Gasteiger partial charge in [-0.05, 0) is 63.0 Å². The maximum Gasteiger partial charge on any atom is 0.256 e. The highest BCUT2D eigenvalue weighted by molar-refractivity contribution is 9.10. The number of benzene rings is 4. The summed E-state index contributed by atoms with van der Waals surface area (Å²) < 4.78 is 6.85. The van der Waals surface area contributed by atoms with Crippen LogP contribution in [0.2, 0.25) is 0 Å². The van der Waals surface area contributed by atoms with Crippen LogP contribution in [0.25, 0.3) is 10.8 Å². The first-order valence-corrected chi connectivity index (χ1v) is 12.9. The Labute approximate surface area is 222 Å². The number of fused-ring (bicyclic) bond motifs is 3. The Morgan fingerprint density at radius 1 is 1.03 bits per heavy atom. The molecule has 186 valence electrons. The number of nitrogens with zero attached hydrogens (tertiary/aromatic N) is 1. The number of para-hydroxylation sites is 1. The van der Waals surface area contributed by atoms with Crippen LogP contribution in [0.5, 0.6) is 5.75 Å². The second kappa shape index (κ2) is 8.97. The molecule has 8 heteroatoms. The van der Waals surface area contributed by atoms with Crippen molar-refractivity contribution in [2.75, 3.05) is 5.32 Å². The first-order chi connectivity index (χ1) is 17.9. The van der Waals surface area contributed by atoms with Crippen LogP contribution < -0.4 is 15.4 Å². The van der Waals surface area contributed by atoms with Crippen molar-refractivity contribution in [3.05, 3.63) is 116 Å². The SMILES string of the molecule is C[C@@H]1N[C@]2(C(=O)Nc3ccccc32)[C@@H]([N+](=O)[O-])[C@H]1c1ccc(OCc2cccc3ccccc23)c(Br)c1. The van der Waals surface area contributed by atoms with E-state index in [1.807, 2.05) is 55.5 Å². The fourth-order valence-corrected chi connectivity index (χ4v) is 6.48. The number of carbonyl (C=O) groups excluding carboxylic acids is 1. The fourth-order valence-electron chi connectivity index (χ4n) is 5.97. The van der Waals surface area contributed by atoms with E-state index >= 15 is 0 Å². The van der Waals surface area contributed by atoms with Gasteiger partial charge >= 0.3 is 0 Å². The number of hydrogen-bond donors (Lipinski definition) is 2. The number of carbonyl (C=O) groups is 1. The number of hydrogen-bond acceptors (Lipinski definition) is 5. The Bertz CT molecular complexity index is 1550. The van der Waals surface area contributed by atoms with E-state index in [0.29, 0.717) is 28.1 Å². The maximum absolute atomic E-state index is 13.2. The Kier molecular flexibility index (Phi) is 5.73. The fraction of sp³-hybridized carbons (Fsp3) is 0.207. The van der Waals surface area contributed by atoms with Gasteiger partial charge in [0, 0.05) is 22.2 Å². The molecular weight excluding hydrogens is 534 g/mol. The minimum Gasteiger partial charge on any atom is -0.488 e. The highest BCUT2D eigenvalue weighted by Crippen LogP contribution is 2.50. The van der Waals surface area contributed by atoms with Gasteiger partial charge < -0.3 is 10.1 Å². The van der Waals surface area contributed by atoms with Gasteiger partial charge in [0.05, 0.1) is 10.4 Å². The zero-order valence-electron chi connectivity index (χ0n) is 20.0. The number of ether oxygens (including phenoxy) is 1. The second-order valence-corrected chi connectivity index (χ2v) is 10.5. The van der Waals surface area contributed by atoms with Crippen LogP contribution in [0.15, 0.2) is 89.4 Å².